The van der Waals surface area contributed by atoms with Crippen molar-refractivity contribution in [3.8, 4) is 0 Å². The second-order valence-electron chi connectivity index (χ2n) is 5.28. The van der Waals surface area contributed by atoms with E-state index < -0.39 is 5.60 Å². The van der Waals surface area contributed by atoms with Gasteiger partial charge in [0.25, 0.3) is 0 Å². The quantitative estimate of drug-likeness (QED) is 0.916. The van der Waals surface area contributed by atoms with Crippen molar-refractivity contribution in [1.82, 2.24) is 4.98 Å². The summed E-state index contributed by atoms with van der Waals surface area (Å²) in [5, 5.41) is 10.9. The number of ketones is 1. The lowest BCUT2D eigenvalue weighted by atomic mass is 9.76. The van der Waals surface area contributed by atoms with Crippen molar-refractivity contribution in [1.29, 1.82) is 0 Å². The van der Waals surface area contributed by atoms with Gasteiger partial charge in [-0.3, -0.25) is 9.78 Å². The summed E-state index contributed by atoms with van der Waals surface area (Å²) < 4.78 is 0. The molecule has 2 rings (SSSR count). The van der Waals surface area contributed by atoms with Crippen molar-refractivity contribution in [2.24, 2.45) is 5.92 Å². The molecule has 1 aliphatic rings. The van der Waals surface area contributed by atoms with E-state index in [1.165, 1.54) is 6.20 Å². The number of nitrogens with zero attached hydrogens (tertiary/aromatic N) is 1. The number of carbonyl (C=O) groups excluding carboxylic acids is 1. The zero-order valence-corrected chi connectivity index (χ0v) is 11.3. The number of rotatable bonds is 3. The maximum absolute atomic E-state index is 12.2. The number of pyridine rings is 1. The summed E-state index contributed by atoms with van der Waals surface area (Å²) in [6.07, 6.45) is 6.27. The van der Waals surface area contributed by atoms with Gasteiger partial charge in [-0.25, -0.2) is 0 Å². The molecule has 1 aliphatic carbocycles. The Hall–Kier alpha value is -0.930. The number of hydrogen-bond donors (Lipinski definition) is 1. The van der Waals surface area contributed by atoms with Crippen LogP contribution in [0.1, 0.15) is 38.2 Å². The lowest BCUT2D eigenvalue weighted by Gasteiger charge is -2.33. The molecule has 0 aromatic carbocycles. The molecule has 1 fully saturated rings. The molecule has 1 N–H and O–H groups in total. The molecule has 3 nitrogen and oxygen atoms in total. The van der Waals surface area contributed by atoms with Gasteiger partial charge < -0.3 is 5.11 Å². The molecule has 1 aromatic rings. The molecule has 1 saturated carbocycles. The van der Waals surface area contributed by atoms with Crippen LogP contribution in [0.5, 0.6) is 0 Å². The highest BCUT2D eigenvalue weighted by atomic mass is 35.5. The standard InChI is InChI=1S/C14H18ClNO2/c1-10-2-5-14(18,6-3-10)13(17)8-11-4-7-16-9-12(11)15/h4,7,9-10,18H,2-3,5-6,8H2,1H3. The summed E-state index contributed by atoms with van der Waals surface area (Å²) in [7, 11) is 0. The Morgan fingerprint density at radius 3 is 2.83 bits per heavy atom. The lowest BCUT2D eigenvalue weighted by Crippen LogP contribution is -2.42. The number of aliphatic hydroxyl groups is 1. The van der Waals surface area contributed by atoms with Gasteiger partial charge in [-0.2, -0.15) is 0 Å². The smallest absolute Gasteiger partial charge is 0.168 e. The Bertz CT molecular complexity index is 439. The van der Waals surface area contributed by atoms with Crippen LogP contribution < -0.4 is 0 Å². The van der Waals surface area contributed by atoms with E-state index >= 15 is 0 Å². The highest BCUT2D eigenvalue weighted by Crippen LogP contribution is 2.33. The first-order chi connectivity index (χ1) is 8.51. The molecule has 0 amide bonds. The van der Waals surface area contributed by atoms with Crippen LogP contribution in [0.4, 0.5) is 0 Å². The van der Waals surface area contributed by atoms with Crippen LogP contribution in [-0.4, -0.2) is 21.5 Å². The van der Waals surface area contributed by atoms with Crippen LogP contribution in [0.25, 0.3) is 0 Å². The van der Waals surface area contributed by atoms with Gasteiger partial charge in [0.15, 0.2) is 5.78 Å². The average Bonchev–Trinajstić information content (AvgIpc) is 2.36. The Morgan fingerprint density at radius 1 is 1.56 bits per heavy atom. The van der Waals surface area contributed by atoms with E-state index in [4.69, 9.17) is 11.6 Å². The van der Waals surface area contributed by atoms with E-state index in [-0.39, 0.29) is 12.2 Å². The number of hydrogen-bond acceptors (Lipinski definition) is 3. The lowest BCUT2D eigenvalue weighted by molar-refractivity contribution is -0.140. The Labute approximate surface area is 112 Å². The fraction of sp³-hybridized carbons (Fsp3) is 0.571. The maximum Gasteiger partial charge on any atom is 0.168 e. The summed E-state index contributed by atoms with van der Waals surface area (Å²) in [4.78, 5) is 16.1. The zero-order valence-electron chi connectivity index (χ0n) is 10.5. The van der Waals surface area contributed by atoms with Gasteiger partial charge in [0, 0.05) is 18.8 Å². The fourth-order valence-electron chi connectivity index (χ4n) is 2.40. The third-order valence-electron chi connectivity index (χ3n) is 3.83. The maximum atomic E-state index is 12.2. The van der Waals surface area contributed by atoms with E-state index in [9.17, 15) is 9.90 Å². The van der Waals surface area contributed by atoms with E-state index in [0.717, 1.165) is 18.4 Å². The minimum Gasteiger partial charge on any atom is -0.382 e. The van der Waals surface area contributed by atoms with Crippen LogP contribution in [0.15, 0.2) is 18.5 Å². The van der Waals surface area contributed by atoms with Crippen LogP contribution in [0, 0.1) is 5.92 Å². The highest BCUT2D eigenvalue weighted by molar-refractivity contribution is 6.31. The van der Waals surface area contributed by atoms with Gasteiger partial charge in [-0.1, -0.05) is 18.5 Å². The first-order valence-electron chi connectivity index (χ1n) is 6.35. The molecule has 98 valence electrons. The van der Waals surface area contributed by atoms with Gasteiger partial charge >= 0.3 is 0 Å². The summed E-state index contributed by atoms with van der Waals surface area (Å²) in [5.41, 5.74) is -0.414. The first kappa shape index (κ1) is 13.5. The first-order valence-corrected chi connectivity index (χ1v) is 6.73. The van der Waals surface area contributed by atoms with E-state index in [2.05, 4.69) is 11.9 Å². The molecule has 1 heterocycles. The summed E-state index contributed by atoms with van der Waals surface area (Å²) in [5.74, 6) is 0.477. The summed E-state index contributed by atoms with van der Waals surface area (Å²) in [6, 6.07) is 1.73. The Balaban J connectivity index is 2.06. The van der Waals surface area contributed by atoms with E-state index in [1.54, 1.807) is 12.3 Å². The van der Waals surface area contributed by atoms with Crippen molar-refractivity contribution in [3.05, 3.63) is 29.0 Å². The normalized spacial score (nSPS) is 28.1. The van der Waals surface area contributed by atoms with Crippen molar-refractivity contribution in [3.63, 3.8) is 0 Å². The minimum atomic E-state index is -1.15. The van der Waals surface area contributed by atoms with Crippen LogP contribution in [0.2, 0.25) is 5.02 Å². The van der Waals surface area contributed by atoms with Gasteiger partial charge in [0.05, 0.1) is 5.02 Å². The van der Waals surface area contributed by atoms with Crippen LogP contribution in [0.3, 0.4) is 0 Å². The van der Waals surface area contributed by atoms with Crippen molar-refractivity contribution < 1.29 is 9.90 Å². The van der Waals surface area contributed by atoms with Gasteiger partial charge in [0.1, 0.15) is 5.60 Å². The number of carbonyl (C=O) groups is 1. The van der Waals surface area contributed by atoms with Gasteiger partial charge in [0.2, 0.25) is 0 Å². The molecule has 0 atom stereocenters. The molecule has 0 spiro atoms. The molecular weight excluding hydrogens is 250 g/mol. The Kier molecular flexibility index (Phi) is 4.03. The van der Waals surface area contributed by atoms with Crippen molar-refractivity contribution in [2.75, 3.05) is 0 Å². The van der Waals surface area contributed by atoms with E-state index in [0.29, 0.717) is 23.8 Å². The SMILES string of the molecule is CC1CCC(O)(C(=O)Cc2ccncc2Cl)CC1. The third-order valence-corrected chi connectivity index (χ3v) is 4.17. The topological polar surface area (TPSA) is 50.2 Å². The number of halogens is 1. The minimum absolute atomic E-state index is 0.123. The molecule has 18 heavy (non-hydrogen) atoms. The largest absolute Gasteiger partial charge is 0.382 e. The monoisotopic (exact) mass is 267 g/mol. The summed E-state index contributed by atoms with van der Waals surface area (Å²) >= 11 is 5.98. The Morgan fingerprint density at radius 2 is 2.22 bits per heavy atom. The number of Topliss-reactive ketones (excluding diaryl/α,β-unsaturated/α-hetero) is 1. The third kappa shape index (κ3) is 2.90. The average molecular weight is 268 g/mol. The second-order valence-corrected chi connectivity index (χ2v) is 5.69. The number of aromatic nitrogens is 1. The molecular formula is C14H18ClNO2. The molecule has 1 aromatic heterocycles. The molecule has 0 unspecified atom stereocenters. The molecule has 0 aliphatic heterocycles. The van der Waals surface area contributed by atoms with Crippen molar-refractivity contribution >= 4 is 17.4 Å². The second kappa shape index (κ2) is 5.37. The van der Waals surface area contributed by atoms with Crippen LogP contribution >= 0.6 is 11.6 Å². The molecule has 0 radical (unpaired) electrons. The fourth-order valence-corrected chi connectivity index (χ4v) is 2.59. The van der Waals surface area contributed by atoms with E-state index in [1.807, 2.05) is 0 Å². The predicted molar refractivity (Wildman–Crippen MR) is 70.5 cm³/mol. The van der Waals surface area contributed by atoms with Crippen molar-refractivity contribution in [2.45, 2.75) is 44.6 Å². The van der Waals surface area contributed by atoms with Crippen LogP contribution in [-0.2, 0) is 11.2 Å². The zero-order chi connectivity index (χ0) is 13.2. The predicted octanol–water partition coefficient (Wildman–Crippen LogP) is 2.79. The molecule has 4 heteroatoms. The van der Waals surface area contributed by atoms with Gasteiger partial charge in [-0.05, 0) is 43.2 Å². The van der Waals surface area contributed by atoms with Gasteiger partial charge in [-0.15, -0.1) is 0 Å². The molecule has 0 bridgehead atoms. The highest BCUT2D eigenvalue weighted by Gasteiger charge is 2.38. The molecule has 0 saturated heterocycles. The summed E-state index contributed by atoms with van der Waals surface area (Å²) in [6.45, 7) is 2.16.